The van der Waals surface area contributed by atoms with Crippen LogP contribution in [-0.4, -0.2) is 49.4 Å². The Morgan fingerprint density at radius 1 is 1.22 bits per heavy atom. The molecule has 1 unspecified atom stereocenters. The number of esters is 1. The fraction of sp³-hybridized carbons (Fsp3) is 0.550. The van der Waals surface area contributed by atoms with E-state index in [-0.39, 0.29) is 37.4 Å². The monoisotopic (exact) mass is 375 g/mol. The van der Waals surface area contributed by atoms with Crippen molar-refractivity contribution in [2.45, 2.75) is 51.3 Å². The van der Waals surface area contributed by atoms with E-state index >= 15 is 0 Å². The standard InChI is InChI=1S/C20H29N3O4/c1-2-18(24)17(12-23-20(26)16-10-6-7-11-21-16)22-13-19(25)27-14-15-8-4-3-5-9-15/h3-5,8-9,16-17,21-22H,2,6-7,10-14H2,1H3,(H,23,26)/t16?,17-/m0/s1. The summed E-state index contributed by atoms with van der Waals surface area (Å²) in [6, 6.07) is 8.59. The average molecular weight is 375 g/mol. The Morgan fingerprint density at radius 3 is 2.67 bits per heavy atom. The van der Waals surface area contributed by atoms with Gasteiger partial charge in [0.2, 0.25) is 5.91 Å². The summed E-state index contributed by atoms with van der Waals surface area (Å²) in [5.41, 5.74) is 0.902. The molecule has 0 aromatic heterocycles. The number of hydrogen-bond donors (Lipinski definition) is 3. The summed E-state index contributed by atoms with van der Waals surface area (Å²) < 4.78 is 5.20. The van der Waals surface area contributed by atoms with Gasteiger partial charge < -0.3 is 15.4 Å². The van der Waals surface area contributed by atoms with Gasteiger partial charge in [0.25, 0.3) is 0 Å². The van der Waals surface area contributed by atoms with Crippen molar-refractivity contribution in [2.24, 2.45) is 0 Å². The van der Waals surface area contributed by atoms with Crippen LogP contribution in [-0.2, 0) is 25.7 Å². The second-order valence-electron chi connectivity index (χ2n) is 6.65. The molecular formula is C20H29N3O4. The fourth-order valence-electron chi connectivity index (χ4n) is 2.94. The van der Waals surface area contributed by atoms with E-state index in [2.05, 4.69) is 16.0 Å². The van der Waals surface area contributed by atoms with Crippen molar-refractivity contribution >= 4 is 17.7 Å². The molecule has 2 rings (SSSR count). The van der Waals surface area contributed by atoms with Gasteiger partial charge in [-0.05, 0) is 24.9 Å². The number of amides is 1. The smallest absolute Gasteiger partial charge is 0.320 e. The van der Waals surface area contributed by atoms with Crippen molar-refractivity contribution in [2.75, 3.05) is 19.6 Å². The van der Waals surface area contributed by atoms with Crippen molar-refractivity contribution in [1.29, 1.82) is 0 Å². The Bertz CT molecular complexity index is 615. The molecule has 2 atom stereocenters. The van der Waals surface area contributed by atoms with Crippen molar-refractivity contribution in [3.63, 3.8) is 0 Å². The molecule has 7 heteroatoms. The Morgan fingerprint density at radius 2 is 2.00 bits per heavy atom. The van der Waals surface area contributed by atoms with Gasteiger partial charge in [-0.2, -0.15) is 0 Å². The van der Waals surface area contributed by atoms with E-state index in [1.165, 1.54) is 0 Å². The van der Waals surface area contributed by atoms with Crippen molar-refractivity contribution in [3.8, 4) is 0 Å². The second kappa shape index (κ2) is 11.5. The molecule has 7 nitrogen and oxygen atoms in total. The summed E-state index contributed by atoms with van der Waals surface area (Å²) in [7, 11) is 0. The third-order valence-electron chi connectivity index (χ3n) is 4.58. The Balaban J connectivity index is 1.75. The van der Waals surface area contributed by atoms with Crippen molar-refractivity contribution in [3.05, 3.63) is 35.9 Å². The number of Topliss-reactive ketones (excluding diaryl/α,β-unsaturated/α-hetero) is 1. The number of carbonyl (C=O) groups is 3. The molecule has 1 heterocycles. The lowest BCUT2D eigenvalue weighted by Gasteiger charge is -2.24. The van der Waals surface area contributed by atoms with Crippen LogP contribution < -0.4 is 16.0 Å². The number of rotatable bonds is 10. The Kier molecular flexibility index (Phi) is 8.94. The highest BCUT2D eigenvalue weighted by Gasteiger charge is 2.23. The van der Waals surface area contributed by atoms with Crippen molar-refractivity contribution in [1.82, 2.24) is 16.0 Å². The van der Waals surface area contributed by atoms with Crippen LogP contribution in [0.5, 0.6) is 0 Å². The molecule has 0 saturated carbocycles. The first-order chi connectivity index (χ1) is 13.1. The number of nitrogens with one attached hydrogen (secondary N) is 3. The SMILES string of the molecule is CCC(=O)[C@H](CNC(=O)C1CCCCN1)NCC(=O)OCc1ccccc1. The zero-order valence-electron chi connectivity index (χ0n) is 15.8. The molecule has 3 N–H and O–H groups in total. The predicted octanol–water partition coefficient (Wildman–Crippen LogP) is 0.925. The highest BCUT2D eigenvalue weighted by Crippen LogP contribution is 2.06. The summed E-state index contributed by atoms with van der Waals surface area (Å²) in [4.78, 5) is 36.2. The normalized spacial score (nSPS) is 17.7. The summed E-state index contributed by atoms with van der Waals surface area (Å²) in [6.07, 6.45) is 3.23. The average Bonchev–Trinajstić information content (AvgIpc) is 2.72. The van der Waals surface area contributed by atoms with Crippen LogP contribution in [0.3, 0.4) is 0 Å². The highest BCUT2D eigenvalue weighted by molar-refractivity contribution is 5.86. The maximum absolute atomic E-state index is 12.2. The lowest BCUT2D eigenvalue weighted by atomic mass is 10.0. The Labute approximate surface area is 160 Å². The van der Waals surface area contributed by atoms with Crippen LogP contribution >= 0.6 is 0 Å². The van der Waals surface area contributed by atoms with Gasteiger partial charge in [-0.3, -0.25) is 19.7 Å². The molecule has 1 fully saturated rings. The van der Waals surface area contributed by atoms with Gasteiger partial charge in [-0.15, -0.1) is 0 Å². The number of benzene rings is 1. The Hall–Kier alpha value is -2.25. The lowest BCUT2D eigenvalue weighted by Crippen LogP contribution is -2.52. The zero-order chi connectivity index (χ0) is 19.5. The van der Waals surface area contributed by atoms with Crippen LogP contribution in [0, 0.1) is 0 Å². The van der Waals surface area contributed by atoms with E-state index in [9.17, 15) is 14.4 Å². The van der Waals surface area contributed by atoms with Crippen molar-refractivity contribution < 1.29 is 19.1 Å². The van der Waals surface area contributed by atoms with Gasteiger partial charge in [0.05, 0.1) is 18.6 Å². The molecule has 1 amide bonds. The van der Waals surface area contributed by atoms with Crippen LogP contribution in [0.15, 0.2) is 30.3 Å². The summed E-state index contributed by atoms with van der Waals surface area (Å²) in [5.74, 6) is -0.590. The van der Waals surface area contributed by atoms with E-state index in [1.807, 2.05) is 30.3 Å². The van der Waals surface area contributed by atoms with Gasteiger partial charge in [0.1, 0.15) is 6.61 Å². The maximum atomic E-state index is 12.2. The van der Waals surface area contributed by atoms with Crippen LogP contribution in [0.2, 0.25) is 0 Å². The van der Waals surface area contributed by atoms with Gasteiger partial charge >= 0.3 is 5.97 Å². The van der Waals surface area contributed by atoms with E-state index in [4.69, 9.17) is 4.74 Å². The number of hydrogen-bond acceptors (Lipinski definition) is 6. The van der Waals surface area contributed by atoms with Gasteiger partial charge in [-0.25, -0.2) is 0 Å². The fourth-order valence-corrected chi connectivity index (χ4v) is 2.94. The molecule has 27 heavy (non-hydrogen) atoms. The topological polar surface area (TPSA) is 96.5 Å². The van der Waals surface area contributed by atoms with E-state index in [1.54, 1.807) is 6.92 Å². The van der Waals surface area contributed by atoms with E-state index in [0.29, 0.717) is 6.42 Å². The number of carbonyl (C=O) groups excluding carboxylic acids is 3. The molecule has 0 aliphatic carbocycles. The summed E-state index contributed by atoms with van der Waals surface area (Å²) in [5, 5.41) is 8.89. The molecule has 1 aliphatic heterocycles. The number of ketones is 1. The molecule has 0 spiro atoms. The minimum Gasteiger partial charge on any atom is -0.460 e. The summed E-state index contributed by atoms with van der Waals surface area (Å²) in [6.45, 7) is 2.87. The maximum Gasteiger partial charge on any atom is 0.320 e. The molecule has 0 radical (unpaired) electrons. The molecule has 1 aromatic carbocycles. The quantitative estimate of drug-likeness (QED) is 0.527. The zero-order valence-corrected chi connectivity index (χ0v) is 15.8. The molecule has 148 valence electrons. The van der Waals surface area contributed by atoms with Crippen LogP contribution in [0.4, 0.5) is 0 Å². The first kappa shape index (κ1) is 21.1. The predicted molar refractivity (Wildman–Crippen MR) is 102 cm³/mol. The largest absolute Gasteiger partial charge is 0.460 e. The minimum atomic E-state index is -0.605. The highest BCUT2D eigenvalue weighted by atomic mass is 16.5. The molecular weight excluding hydrogens is 346 g/mol. The van der Waals surface area contributed by atoms with Crippen LogP contribution in [0.1, 0.15) is 38.2 Å². The molecule has 0 bridgehead atoms. The molecule has 1 aliphatic rings. The summed E-state index contributed by atoms with van der Waals surface area (Å²) >= 11 is 0. The van der Waals surface area contributed by atoms with E-state index in [0.717, 1.165) is 31.4 Å². The third-order valence-corrected chi connectivity index (χ3v) is 4.58. The minimum absolute atomic E-state index is 0.0530. The van der Waals surface area contributed by atoms with Gasteiger partial charge in [-0.1, -0.05) is 43.7 Å². The third kappa shape index (κ3) is 7.48. The number of piperidine rings is 1. The lowest BCUT2D eigenvalue weighted by molar-refractivity contribution is -0.144. The van der Waals surface area contributed by atoms with Gasteiger partial charge in [0.15, 0.2) is 5.78 Å². The van der Waals surface area contributed by atoms with Gasteiger partial charge in [0, 0.05) is 13.0 Å². The first-order valence-corrected chi connectivity index (χ1v) is 9.57. The first-order valence-electron chi connectivity index (χ1n) is 9.57. The van der Waals surface area contributed by atoms with E-state index < -0.39 is 12.0 Å². The molecule has 1 saturated heterocycles. The van der Waals surface area contributed by atoms with Crippen LogP contribution in [0.25, 0.3) is 0 Å². The molecule has 1 aromatic rings. The second-order valence-corrected chi connectivity index (χ2v) is 6.65. The number of ether oxygens (including phenoxy) is 1.